The molecule has 0 radical (unpaired) electrons. The number of likely N-dealkylation sites (tertiary alicyclic amines) is 1. The van der Waals surface area contributed by atoms with Gasteiger partial charge in [0.2, 0.25) is 0 Å². The van der Waals surface area contributed by atoms with E-state index in [0.717, 1.165) is 24.2 Å². The normalized spacial score (nSPS) is 19.8. The lowest BCUT2D eigenvalue weighted by Crippen LogP contribution is -2.33. The van der Waals surface area contributed by atoms with Crippen molar-refractivity contribution in [2.45, 2.75) is 38.8 Å². The first kappa shape index (κ1) is 21.9. The molecule has 32 heavy (non-hydrogen) atoms. The Morgan fingerprint density at radius 3 is 2.66 bits per heavy atom. The molecule has 0 aliphatic carbocycles. The third kappa shape index (κ3) is 4.21. The maximum absolute atomic E-state index is 13.0. The van der Waals surface area contributed by atoms with Gasteiger partial charge in [-0.2, -0.15) is 0 Å². The van der Waals surface area contributed by atoms with E-state index >= 15 is 0 Å². The van der Waals surface area contributed by atoms with Crippen LogP contribution in [0.4, 0.5) is 0 Å². The molecule has 4 rings (SSSR count). The van der Waals surface area contributed by atoms with E-state index in [4.69, 9.17) is 9.47 Å². The molecule has 168 valence electrons. The number of nitrogens with zero attached hydrogens (tertiary/aromatic N) is 1. The van der Waals surface area contributed by atoms with Crippen LogP contribution >= 0.6 is 0 Å². The summed E-state index contributed by atoms with van der Waals surface area (Å²) in [4.78, 5) is 27.4. The van der Waals surface area contributed by atoms with E-state index in [1.54, 1.807) is 24.3 Å². The summed E-state index contributed by atoms with van der Waals surface area (Å²) in [5, 5.41) is 20.9. The second-order valence-electron chi connectivity index (χ2n) is 8.28. The number of aromatic hydroxyl groups is 1. The van der Waals surface area contributed by atoms with Crippen molar-refractivity contribution < 1.29 is 29.3 Å². The topological polar surface area (TPSA) is 96.3 Å². The summed E-state index contributed by atoms with van der Waals surface area (Å²) in [6.45, 7) is 4.90. The predicted molar refractivity (Wildman–Crippen MR) is 118 cm³/mol. The molecule has 0 spiro atoms. The highest BCUT2D eigenvalue weighted by Gasteiger charge is 2.46. The van der Waals surface area contributed by atoms with E-state index < -0.39 is 17.7 Å². The molecule has 0 bridgehead atoms. The van der Waals surface area contributed by atoms with Crippen LogP contribution < -0.4 is 4.74 Å². The van der Waals surface area contributed by atoms with Crippen LogP contribution in [0.5, 0.6) is 11.5 Å². The molecule has 1 atom stereocenters. The number of phenolic OH excluding ortho intramolecular Hbond substituents is 1. The fourth-order valence-corrected chi connectivity index (χ4v) is 4.16. The Hall–Kier alpha value is -3.32. The first-order valence-electron chi connectivity index (χ1n) is 10.8. The zero-order chi connectivity index (χ0) is 22.8. The molecule has 2 N–H and O–H groups in total. The van der Waals surface area contributed by atoms with Crippen molar-refractivity contribution in [1.29, 1.82) is 0 Å². The van der Waals surface area contributed by atoms with Crippen molar-refractivity contribution >= 4 is 17.4 Å². The minimum atomic E-state index is -0.779. The Balaban J connectivity index is 1.77. The van der Waals surface area contributed by atoms with E-state index in [1.165, 1.54) is 17.0 Å². The van der Waals surface area contributed by atoms with Crippen molar-refractivity contribution in [3.8, 4) is 11.5 Å². The van der Waals surface area contributed by atoms with Crippen molar-refractivity contribution in [1.82, 2.24) is 4.90 Å². The van der Waals surface area contributed by atoms with Gasteiger partial charge < -0.3 is 24.6 Å². The number of ether oxygens (including phenoxy) is 2. The lowest BCUT2D eigenvalue weighted by molar-refractivity contribution is -0.140. The smallest absolute Gasteiger partial charge is 0.295 e. The van der Waals surface area contributed by atoms with Gasteiger partial charge in [0.05, 0.1) is 30.9 Å². The summed E-state index contributed by atoms with van der Waals surface area (Å²) in [7, 11) is 0. The van der Waals surface area contributed by atoms with Gasteiger partial charge in [0.15, 0.2) is 0 Å². The van der Waals surface area contributed by atoms with Crippen molar-refractivity contribution in [2.75, 3.05) is 19.8 Å². The van der Waals surface area contributed by atoms with Gasteiger partial charge >= 0.3 is 0 Å². The number of Topliss-reactive ketones (excluding diaryl/α,β-unsaturated/α-hetero) is 1. The van der Waals surface area contributed by atoms with Gasteiger partial charge in [-0.1, -0.05) is 12.1 Å². The number of aliphatic hydroxyl groups is 1. The van der Waals surface area contributed by atoms with Crippen molar-refractivity contribution in [3.63, 3.8) is 0 Å². The van der Waals surface area contributed by atoms with Crippen LogP contribution in [0.2, 0.25) is 0 Å². The number of aliphatic hydroxyl groups excluding tert-OH is 1. The number of ketones is 1. The second kappa shape index (κ2) is 9.04. The van der Waals surface area contributed by atoms with Crippen LogP contribution in [0.15, 0.2) is 48.0 Å². The Morgan fingerprint density at radius 2 is 1.94 bits per heavy atom. The van der Waals surface area contributed by atoms with Gasteiger partial charge in [0.1, 0.15) is 17.3 Å². The van der Waals surface area contributed by atoms with E-state index in [0.29, 0.717) is 17.7 Å². The van der Waals surface area contributed by atoms with Gasteiger partial charge in [-0.15, -0.1) is 0 Å². The van der Waals surface area contributed by atoms with Gasteiger partial charge in [-0.3, -0.25) is 9.59 Å². The zero-order valence-electron chi connectivity index (χ0n) is 18.2. The maximum atomic E-state index is 13.0. The number of phenols is 1. The molecule has 0 saturated carbocycles. The van der Waals surface area contributed by atoms with Crippen LogP contribution in [-0.2, 0) is 20.7 Å². The number of hydrogen-bond donors (Lipinski definition) is 2. The molecule has 2 aromatic carbocycles. The molecule has 1 fully saturated rings. The largest absolute Gasteiger partial charge is 0.508 e. The third-order valence-electron chi connectivity index (χ3n) is 5.71. The minimum Gasteiger partial charge on any atom is -0.508 e. The van der Waals surface area contributed by atoms with E-state index in [1.807, 2.05) is 19.9 Å². The number of amides is 1. The van der Waals surface area contributed by atoms with E-state index in [2.05, 4.69) is 0 Å². The summed E-state index contributed by atoms with van der Waals surface area (Å²) in [6.07, 6.45) is 1.68. The predicted octanol–water partition coefficient (Wildman–Crippen LogP) is 3.56. The summed E-state index contributed by atoms with van der Waals surface area (Å²) in [6, 6.07) is 10.8. The van der Waals surface area contributed by atoms with Gasteiger partial charge in [-0.25, -0.2) is 0 Å². The molecule has 7 nitrogen and oxygen atoms in total. The Labute approximate surface area is 186 Å². The molecule has 1 amide bonds. The first-order valence-corrected chi connectivity index (χ1v) is 10.8. The number of carbonyl (C=O) groups excluding carboxylic acids is 2. The Morgan fingerprint density at radius 1 is 1.19 bits per heavy atom. The Kier molecular flexibility index (Phi) is 6.19. The molecule has 2 aromatic rings. The highest BCUT2D eigenvalue weighted by molar-refractivity contribution is 6.46. The molecule has 2 aliphatic heterocycles. The summed E-state index contributed by atoms with van der Waals surface area (Å²) >= 11 is 0. The molecule has 0 aromatic heterocycles. The zero-order valence-corrected chi connectivity index (χ0v) is 18.2. The van der Waals surface area contributed by atoms with Crippen LogP contribution in [0, 0.1) is 0 Å². The molecule has 2 heterocycles. The van der Waals surface area contributed by atoms with E-state index in [9.17, 15) is 19.8 Å². The Bertz CT molecular complexity index is 1060. The van der Waals surface area contributed by atoms with Crippen LogP contribution in [0.3, 0.4) is 0 Å². The number of hydrogen-bond acceptors (Lipinski definition) is 6. The summed E-state index contributed by atoms with van der Waals surface area (Å²) < 4.78 is 11.2. The number of fused-ring (bicyclic) bond motifs is 1. The van der Waals surface area contributed by atoms with Gasteiger partial charge in [0.25, 0.3) is 11.7 Å². The summed E-state index contributed by atoms with van der Waals surface area (Å²) in [5.74, 6) is -0.794. The number of rotatable bonds is 6. The molecular weight excluding hydrogens is 410 g/mol. The van der Waals surface area contributed by atoms with Gasteiger partial charge in [-0.05, 0) is 68.1 Å². The lowest BCUT2D eigenvalue weighted by atomic mass is 9.94. The van der Waals surface area contributed by atoms with Crippen LogP contribution in [0.25, 0.3) is 5.76 Å². The number of carbonyl (C=O) groups is 2. The second-order valence-corrected chi connectivity index (χ2v) is 8.28. The van der Waals surface area contributed by atoms with Crippen LogP contribution in [-0.4, -0.2) is 52.7 Å². The fourth-order valence-electron chi connectivity index (χ4n) is 4.16. The SMILES string of the molecule is CC(C)OCCN1C(=O)C(=O)/C(=C(\O)c2ccc3c(c2)CCCO3)C1c1ccc(O)cc1. The number of aryl methyl sites for hydroxylation is 1. The third-order valence-corrected chi connectivity index (χ3v) is 5.71. The van der Waals surface area contributed by atoms with Crippen LogP contribution in [0.1, 0.15) is 43.0 Å². The van der Waals surface area contributed by atoms with Gasteiger partial charge in [0, 0.05) is 12.1 Å². The molecule has 1 unspecified atom stereocenters. The lowest BCUT2D eigenvalue weighted by Gasteiger charge is -2.26. The first-order chi connectivity index (χ1) is 15.4. The minimum absolute atomic E-state index is 0.0170. The highest BCUT2D eigenvalue weighted by atomic mass is 16.5. The molecule has 2 aliphatic rings. The monoisotopic (exact) mass is 437 g/mol. The maximum Gasteiger partial charge on any atom is 0.295 e. The standard InChI is InChI=1S/C25H27NO6/c1-15(2)31-13-11-26-22(16-5-8-19(27)9-6-16)21(24(29)25(26)30)23(28)18-7-10-20-17(14-18)4-3-12-32-20/h5-10,14-15,22,27-28H,3-4,11-13H2,1-2H3/b23-21-. The molecule has 7 heteroatoms. The number of benzene rings is 2. The van der Waals surface area contributed by atoms with Crippen molar-refractivity contribution in [2.24, 2.45) is 0 Å². The quantitative estimate of drug-likeness (QED) is 0.408. The highest BCUT2D eigenvalue weighted by Crippen LogP contribution is 2.40. The van der Waals surface area contributed by atoms with Crippen molar-refractivity contribution in [3.05, 3.63) is 64.7 Å². The average molecular weight is 437 g/mol. The summed E-state index contributed by atoms with van der Waals surface area (Å²) in [5.41, 5.74) is 2.08. The molecular formula is C25H27NO6. The van der Waals surface area contributed by atoms with E-state index in [-0.39, 0.29) is 36.3 Å². The molecule has 1 saturated heterocycles. The fraction of sp³-hybridized carbons (Fsp3) is 0.360. The average Bonchev–Trinajstić information content (AvgIpc) is 3.03.